The maximum Gasteiger partial charge on any atom is 0.308 e. The fourth-order valence-corrected chi connectivity index (χ4v) is 1.23. The van der Waals surface area contributed by atoms with E-state index in [-0.39, 0.29) is 28.6 Å². The number of hydrogen-bond donors (Lipinski definition) is 1. The number of hydrogen-bond acceptors (Lipinski definition) is 5. The molecule has 1 N–H and O–H groups in total. The molecule has 0 aromatic heterocycles. The molecular weight excluding hydrogens is 212 g/mol. The molecule has 1 aromatic rings. The van der Waals surface area contributed by atoms with Crippen LogP contribution in [0.4, 0.5) is 0 Å². The Bertz CT molecular complexity index is 436. The molecule has 1 rings (SSSR count). The Morgan fingerprint density at radius 2 is 1.81 bits per heavy atom. The number of phenolic OH excluding ortho intramolecular Hbond substituents is 1. The number of carbonyl (C=O) groups is 2. The highest BCUT2D eigenvalue weighted by Crippen LogP contribution is 2.34. The number of ether oxygens (including phenoxy) is 2. The molecule has 0 saturated heterocycles. The average molecular weight is 224 g/mol. The van der Waals surface area contributed by atoms with Crippen LogP contribution in [0.5, 0.6) is 17.2 Å². The Hall–Kier alpha value is -2.04. The summed E-state index contributed by atoms with van der Waals surface area (Å²) in [5.41, 5.74) is 0.0806. The van der Waals surface area contributed by atoms with E-state index in [9.17, 15) is 14.7 Å². The van der Waals surface area contributed by atoms with E-state index in [1.165, 1.54) is 33.1 Å². The normalized spacial score (nSPS) is 9.69. The zero-order valence-electron chi connectivity index (χ0n) is 9.23. The molecule has 0 aliphatic heterocycles. The number of Topliss-reactive ketones (excluding diaryl/α,β-unsaturated/α-hetero) is 1. The summed E-state index contributed by atoms with van der Waals surface area (Å²) in [6, 6.07) is 2.51. The summed E-state index contributed by atoms with van der Waals surface area (Å²) < 4.78 is 9.77. The van der Waals surface area contributed by atoms with Gasteiger partial charge in [0.25, 0.3) is 0 Å². The summed E-state index contributed by atoms with van der Waals surface area (Å²) in [6.07, 6.45) is 0. The van der Waals surface area contributed by atoms with Gasteiger partial charge in [-0.15, -0.1) is 0 Å². The fourth-order valence-electron chi connectivity index (χ4n) is 1.23. The topological polar surface area (TPSA) is 72.8 Å². The van der Waals surface area contributed by atoms with Crippen molar-refractivity contribution in [3.05, 3.63) is 17.7 Å². The molecule has 0 aliphatic rings. The van der Waals surface area contributed by atoms with Gasteiger partial charge in [0.1, 0.15) is 5.75 Å². The standard InChI is InChI=1S/C11H12O5/c1-6(12)8-4-11(16-7(2)13)10(15-3)5-9(8)14/h4-5,14H,1-3H3. The molecule has 0 radical (unpaired) electrons. The minimum Gasteiger partial charge on any atom is -0.507 e. The van der Waals surface area contributed by atoms with Crippen molar-refractivity contribution in [1.29, 1.82) is 0 Å². The van der Waals surface area contributed by atoms with E-state index in [1.807, 2.05) is 0 Å². The lowest BCUT2D eigenvalue weighted by atomic mass is 10.1. The minimum atomic E-state index is -0.529. The van der Waals surface area contributed by atoms with Crippen LogP contribution in [0.15, 0.2) is 12.1 Å². The second kappa shape index (κ2) is 4.65. The summed E-state index contributed by atoms with van der Waals surface area (Å²) in [5.74, 6) is -0.761. The molecule has 16 heavy (non-hydrogen) atoms. The first-order valence-corrected chi connectivity index (χ1v) is 4.56. The van der Waals surface area contributed by atoms with E-state index in [0.717, 1.165) is 0 Å². The van der Waals surface area contributed by atoms with Gasteiger partial charge in [0.2, 0.25) is 0 Å². The Kier molecular flexibility index (Phi) is 3.50. The van der Waals surface area contributed by atoms with Crippen molar-refractivity contribution in [1.82, 2.24) is 0 Å². The smallest absolute Gasteiger partial charge is 0.308 e. The van der Waals surface area contributed by atoms with Crippen molar-refractivity contribution in [2.45, 2.75) is 13.8 Å². The predicted octanol–water partition coefficient (Wildman–Crippen LogP) is 1.53. The van der Waals surface area contributed by atoms with E-state index in [2.05, 4.69) is 0 Å². The largest absolute Gasteiger partial charge is 0.507 e. The molecular formula is C11H12O5. The molecule has 0 aliphatic carbocycles. The van der Waals surface area contributed by atoms with Gasteiger partial charge in [-0.3, -0.25) is 9.59 Å². The number of phenols is 1. The van der Waals surface area contributed by atoms with Crippen molar-refractivity contribution in [2.75, 3.05) is 7.11 Å². The Labute approximate surface area is 92.6 Å². The summed E-state index contributed by atoms with van der Waals surface area (Å²) >= 11 is 0. The zero-order chi connectivity index (χ0) is 12.3. The molecule has 0 saturated carbocycles. The predicted molar refractivity (Wildman–Crippen MR) is 56.0 cm³/mol. The Morgan fingerprint density at radius 3 is 2.25 bits per heavy atom. The maximum atomic E-state index is 11.2. The third-order valence-electron chi connectivity index (χ3n) is 1.91. The second-order valence-electron chi connectivity index (χ2n) is 3.17. The highest BCUT2D eigenvalue weighted by atomic mass is 16.6. The van der Waals surface area contributed by atoms with Crippen LogP contribution in [0.25, 0.3) is 0 Å². The Balaban J connectivity index is 3.28. The third kappa shape index (κ3) is 2.50. The van der Waals surface area contributed by atoms with E-state index >= 15 is 0 Å². The van der Waals surface area contributed by atoms with Crippen molar-refractivity contribution >= 4 is 11.8 Å². The number of esters is 1. The highest BCUT2D eigenvalue weighted by molar-refractivity contribution is 5.97. The van der Waals surface area contributed by atoms with E-state index in [1.54, 1.807) is 0 Å². The number of aromatic hydroxyl groups is 1. The monoisotopic (exact) mass is 224 g/mol. The van der Waals surface area contributed by atoms with E-state index in [4.69, 9.17) is 9.47 Å². The quantitative estimate of drug-likeness (QED) is 0.479. The van der Waals surface area contributed by atoms with Crippen LogP contribution in [0, 0.1) is 0 Å². The molecule has 86 valence electrons. The lowest BCUT2D eigenvalue weighted by molar-refractivity contribution is -0.132. The van der Waals surface area contributed by atoms with Crippen LogP contribution >= 0.6 is 0 Å². The van der Waals surface area contributed by atoms with Crippen LogP contribution in [-0.2, 0) is 4.79 Å². The van der Waals surface area contributed by atoms with Crippen molar-refractivity contribution in [3.8, 4) is 17.2 Å². The maximum absolute atomic E-state index is 11.2. The molecule has 0 bridgehead atoms. The van der Waals surface area contributed by atoms with Gasteiger partial charge in [-0.05, 0) is 13.0 Å². The van der Waals surface area contributed by atoms with Gasteiger partial charge in [0, 0.05) is 13.0 Å². The molecule has 0 unspecified atom stereocenters. The van der Waals surface area contributed by atoms with Crippen LogP contribution in [0.2, 0.25) is 0 Å². The van der Waals surface area contributed by atoms with Gasteiger partial charge in [-0.2, -0.15) is 0 Å². The molecule has 1 aromatic carbocycles. The van der Waals surface area contributed by atoms with Gasteiger partial charge in [-0.25, -0.2) is 0 Å². The van der Waals surface area contributed by atoms with Crippen molar-refractivity contribution in [3.63, 3.8) is 0 Å². The van der Waals surface area contributed by atoms with Crippen molar-refractivity contribution < 1.29 is 24.2 Å². The first kappa shape index (κ1) is 12.0. The molecule has 0 heterocycles. The summed E-state index contributed by atoms with van der Waals surface area (Å²) in [5, 5.41) is 9.51. The van der Waals surface area contributed by atoms with E-state index in [0.29, 0.717) is 0 Å². The lowest BCUT2D eigenvalue weighted by Crippen LogP contribution is -2.04. The van der Waals surface area contributed by atoms with Gasteiger partial charge in [0.05, 0.1) is 12.7 Å². The Morgan fingerprint density at radius 1 is 1.19 bits per heavy atom. The number of carbonyl (C=O) groups excluding carboxylic acids is 2. The molecule has 0 fully saturated rings. The zero-order valence-corrected chi connectivity index (χ0v) is 9.23. The number of rotatable bonds is 3. The van der Waals surface area contributed by atoms with Crippen molar-refractivity contribution in [2.24, 2.45) is 0 Å². The lowest BCUT2D eigenvalue weighted by Gasteiger charge is -2.10. The fraction of sp³-hybridized carbons (Fsp3) is 0.273. The van der Waals surface area contributed by atoms with E-state index < -0.39 is 5.97 Å². The van der Waals surface area contributed by atoms with Gasteiger partial charge in [0.15, 0.2) is 17.3 Å². The summed E-state index contributed by atoms with van der Waals surface area (Å²) in [7, 11) is 1.37. The first-order chi connectivity index (χ1) is 7.45. The number of benzene rings is 1. The average Bonchev–Trinajstić information content (AvgIpc) is 2.18. The molecule has 5 nitrogen and oxygen atoms in total. The summed E-state index contributed by atoms with van der Waals surface area (Å²) in [4.78, 5) is 22.0. The highest BCUT2D eigenvalue weighted by Gasteiger charge is 2.15. The van der Waals surface area contributed by atoms with Crippen LogP contribution in [0.3, 0.4) is 0 Å². The SMILES string of the molecule is COc1cc(O)c(C(C)=O)cc1OC(C)=O. The number of ketones is 1. The van der Waals surface area contributed by atoms with Crippen LogP contribution in [0.1, 0.15) is 24.2 Å². The first-order valence-electron chi connectivity index (χ1n) is 4.56. The van der Waals surface area contributed by atoms with Gasteiger partial charge < -0.3 is 14.6 Å². The summed E-state index contributed by atoms with van der Waals surface area (Å²) in [6.45, 7) is 2.54. The van der Waals surface area contributed by atoms with Crippen LogP contribution < -0.4 is 9.47 Å². The molecule has 0 atom stereocenters. The van der Waals surface area contributed by atoms with Gasteiger partial charge in [-0.1, -0.05) is 0 Å². The number of methoxy groups -OCH3 is 1. The third-order valence-corrected chi connectivity index (χ3v) is 1.91. The molecule has 0 spiro atoms. The van der Waals surface area contributed by atoms with Gasteiger partial charge >= 0.3 is 5.97 Å². The van der Waals surface area contributed by atoms with Crippen LogP contribution in [-0.4, -0.2) is 24.0 Å². The minimum absolute atomic E-state index is 0.0806. The molecule has 0 amide bonds. The molecule has 5 heteroatoms. The second-order valence-corrected chi connectivity index (χ2v) is 3.17.